The molecule has 0 spiro atoms. The van der Waals surface area contributed by atoms with Crippen LogP contribution < -0.4 is 10.1 Å². The molecule has 1 amide bonds. The first-order valence-electron chi connectivity index (χ1n) is 8.98. The van der Waals surface area contributed by atoms with Crippen LogP contribution in [0.25, 0.3) is 0 Å². The molecule has 0 aliphatic rings. The highest BCUT2D eigenvalue weighted by atomic mass is 19.1. The molecular weight excluding hydrogens is 394 g/mol. The van der Waals surface area contributed by atoms with Crippen LogP contribution in [-0.4, -0.2) is 20.8 Å². The van der Waals surface area contributed by atoms with Gasteiger partial charge in [-0.1, -0.05) is 29.4 Å². The van der Waals surface area contributed by atoms with E-state index in [-0.39, 0.29) is 36.2 Å². The monoisotopic (exact) mass is 410 g/mol. The van der Waals surface area contributed by atoms with Crippen LogP contribution in [0.4, 0.5) is 14.6 Å². The zero-order valence-electron chi connectivity index (χ0n) is 15.6. The van der Waals surface area contributed by atoms with E-state index in [1.54, 1.807) is 24.3 Å². The molecule has 4 aromatic rings. The van der Waals surface area contributed by atoms with Crippen LogP contribution in [0.5, 0.6) is 5.88 Å². The third-order valence-electron chi connectivity index (χ3n) is 4.15. The molecule has 2 heterocycles. The lowest BCUT2D eigenvalue weighted by Crippen LogP contribution is -2.13. The number of aromatic nitrogens is 3. The molecule has 2 aromatic heterocycles. The fraction of sp³-hybridized carbons (Fsp3) is 0.0952. The summed E-state index contributed by atoms with van der Waals surface area (Å²) in [7, 11) is 0. The number of halogens is 2. The Bertz CT molecular complexity index is 1160. The van der Waals surface area contributed by atoms with Crippen molar-refractivity contribution in [3.8, 4) is 5.88 Å². The van der Waals surface area contributed by atoms with Gasteiger partial charge < -0.3 is 14.6 Å². The lowest BCUT2D eigenvalue weighted by atomic mass is 10.2. The minimum atomic E-state index is -0.511. The molecule has 4 rings (SSSR count). The van der Waals surface area contributed by atoms with Crippen molar-refractivity contribution in [2.24, 2.45) is 0 Å². The Kier molecular flexibility index (Phi) is 5.51. The van der Waals surface area contributed by atoms with Crippen LogP contribution in [0.2, 0.25) is 0 Å². The third-order valence-corrected chi connectivity index (χ3v) is 4.15. The zero-order valence-corrected chi connectivity index (χ0v) is 15.6. The number of amides is 1. The summed E-state index contributed by atoms with van der Waals surface area (Å²) in [4.78, 5) is 12.7. The van der Waals surface area contributed by atoms with Gasteiger partial charge in [0.25, 0.3) is 5.91 Å². The van der Waals surface area contributed by atoms with Crippen LogP contribution in [0, 0.1) is 11.6 Å². The van der Waals surface area contributed by atoms with Crippen LogP contribution >= 0.6 is 0 Å². The number of ether oxygens (including phenoxy) is 1. The summed E-state index contributed by atoms with van der Waals surface area (Å²) >= 11 is 0. The Balaban J connectivity index is 1.58. The highest BCUT2D eigenvalue weighted by Crippen LogP contribution is 2.20. The molecule has 0 bridgehead atoms. The second-order valence-corrected chi connectivity index (χ2v) is 6.43. The lowest BCUT2D eigenvalue weighted by Gasteiger charge is -2.06. The van der Waals surface area contributed by atoms with Crippen LogP contribution in [0.1, 0.15) is 21.5 Å². The molecule has 0 saturated carbocycles. The summed E-state index contributed by atoms with van der Waals surface area (Å²) in [6, 6.07) is 13.5. The third kappa shape index (κ3) is 4.69. The molecule has 30 heavy (non-hydrogen) atoms. The molecule has 9 heteroatoms. The minimum absolute atomic E-state index is 0.0129. The summed E-state index contributed by atoms with van der Waals surface area (Å²) in [6.07, 6.45) is 2.81. The van der Waals surface area contributed by atoms with Gasteiger partial charge in [0.2, 0.25) is 5.88 Å². The summed E-state index contributed by atoms with van der Waals surface area (Å²) in [5.41, 5.74) is 1.39. The fourth-order valence-corrected chi connectivity index (χ4v) is 2.81. The van der Waals surface area contributed by atoms with Gasteiger partial charge in [-0.15, -0.1) is 5.10 Å². The zero-order chi connectivity index (χ0) is 20.9. The maximum Gasteiger partial charge on any atom is 0.264 e. The highest BCUT2D eigenvalue weighted by Gasteiger charge is 2.19. The minimum Gasteiger partial charge on any atom is -0.471 e. The Morgan fingerprint density at radius 1 is 1.07 bits per heavy atom. The SMILES string of the molecule is O=C(Nc1ccon1)c1cn(Cc2cccc(F)c2)nc1OCc1cccc(F)c1. The molecular formula is C21H16F2N4O3. The molecule has 152 valence electrons. The molecule has 2 aromatic carbocycles. The average Bonchev–Trinajstić information content (AvgIpc) is 3.36. The van der Waals surface area contributed by atoms with E-state index < -0.39 is 11.7 Å². The molecule has 0 fully saturated rings. The van der Waals surface area contributed by atoms with Gasteiger partial charge in [0.15, 0.2) is 5.82 Å². The number of carbonyl (C=O) groups is 1. The highest BCUT2D eigenvalue weighted by molar-refractivity contribution is 6.05. The molecule has 0 aliphatic carbocycles. The first-order valence-corrected chi connectivity index (χ1v) is 8.98. The second kappa shape index (κ2) is 8.56. The molecule has 1 N–H and O–H groups in total. The van der Waals surface area contributed by atoms with Gasteiger partial charge in [0.05, 0.1) is 6.54 Å². The molecule has 0 atom stereocenters. The van der Waals surface area contributed by atoms with Gasteiger partial charge in [-0.05, 0) is 35.4 Å². The van der Waals surface area contributed by atoms with Crippen molar-refractivity contribution in [3.63, 3.8) is 0 Å². The van der Waals surface area contributed by atoms with Crippen molar-refractivity contribution >= 4 is 11.7 Å². The number of hydrogen-bond acceptors (Lipinski definition) is 5. The number of rotatable bonds is 7. The number of hydrogen-bond donors (Lipinski definition) is 1. The summed E-state index contributed by atoms with van der Waals surface area (Å²) < 4.78 is 38.7. The summed E-state index contributed by atoms with van der Waals surface area (Å²) in [5.74, 6) is -0.989. The summed E-state index contributed by atoms with van der Waals surface area (Å²) in [6.45, 7) is 0.240. The first-order chi connectivity index (χ1) is 14.6. The van der Waals surface area contributed by atoms with Gasteiger partial charge in [-0.25, -0.2) is 8.78 Å². The second-order valence-electron chi connectivity index (χ2n) is 6.43. The number of nitrogens with zero attached hydrogens (tertiary/aromatic N) is 3. The first kappa shape index (κ1) is 19.3. The van der Waals surface area contributed by atoms with E-state index >= 15 is 0 Å². The molecule has 0 unspecified atom stereocenters. The maximum absolute atomic E-state index is 13.5. The predicted octanol–water partition coefficient (Wildman–Crippen LogP) is 4.03. The van der Waals surface area contributed by atoms with Gasteiger partial charge in [0.1, 0.15) is 30.1 Å². The van der Waals surface area contributed by atoms with E-state index in [4.69, 9.17) is 9.26 Å². The Morgan fingerprint density at radius 2 is 1.80 bits per heavy atom. The Morgan fingerprint density at radius 3 is 2.50 bits per heavy atom. The largest absolute Gasteiger partial charge is 0.471 e. The van der Waals surface area contributed by atoms with Gasteiger partial charge in [0, 0.05) is 12.3 Å². The molecule has 7 nitrogen and oxygen atoms in total. The van der Waals surface area contributed by atoms with E-state index in [0.717, 1.165) is 0 Å². The van der Waals surface area contributed by atoms with E-state index in [9.17, 15) is 13.6 Å². The van der Waals surface area contributed by atoms with Crippen LogP contribution in [0.15, 0.2) is 71.6 Å². The molecule has 0 radical (unpaired) electrons. The van der Waals surface area contributed by atoms with Gasteiger partial charge in [-0.2, -0.15) is 0 Å². The normalized spacial score (nSPS) is 10.7. The molecule has 0 saturated heterocycles. The van der Waals surface area contributed by atoms with Crippen molar-refractivity contribution in [3.05, 3.63) is 95.4 Å². The topological polar surface area (TPSA) is 82.2 Å². The van der Waals surface area contributed by atoms with Gasteiger partial charge in [-0.3, -0.25) is 9.48 Å². The maximum atomic E-state index is 13.5. The van der Waals surface area contributed by atoms with E-state index in [1.807, 2.05) is 0 Å². The standard InChI is InChI=1S/C21H16F2N4O3/c22-16-5-1-3-14(9-16)11-27-12-18(20(28)24-19-7-8-30-26-19)21(25-27)29-13-15-4-2-6-17(23)10-15/h1-10,12H,11,13H2,(H,24,26,28). The summed E-state index contributed by atoms with van der Waals surface area (Å²) in [5, 5.41) is 10.5. The lowest BCUT2D eigenvalue weighted by molar-refractivity contribution is 0.102. The number of benzene rings is 2. The van der Waals surface area contributed by atoms with Crippen molar-refractivity contribution in [2.75, 3.05) is 5.32 Å². The van der Waals surface area contributed by atoms with E-state index in [1.165, 1.54) is 47.5 Å². The molecule has 0 aliphatic heterocycles. The van der Waals surface area contributed by atoms with Crippen molar-refractivity contribution in [1.29, 1.82) is 0 Å². The smallest absolute Gasteiger partial charge is 0.264 e. The number of nitrogens with one attached hydrogen (secondary N) is 1. The fourth-order valence-electron chi connectivity index (χ4n) is 2.81. The van der Waals surface area contributed by atoms with Crippen molar-refractivity contribution < 1.29 is 22.8 Å². The van der Waals surface area contributed by atoms with E-state index in [2.05, 4.69) is 15.6 Å². The number of carbonyl (C=O) groups excluding carboxylic acids is 1. The average molecular weight is 410 g/mol. The predicted molar refractivity (Wildman–Crippen MR) is 103 cm³/mol. The number of anilines is 1. The van der Waals surface area contributed by atoms with Crippen LogP contribution in [0.3, 0.4) is 0 Å². The van der Waals surface area contributed by atoms with Gasteiger partial charge >= 0.3 is 0 Å². The van der Waals surface area contributed by atoms with E-state index in [0.29, 0.717) is 11.1 Å². The van der Waals surface area contributed by atoms with Crippen LogP contribution in [-0.2, 0) is 13.2 Å². The van der Waals surface area contributed by atoms with Crippen molar-refractivity contribution in [2.45, 2.75) is 13.2 Å². The quantitative estimate of drug-likeness (QED) is 0.498. The Labute approximate surface area is 169 Å². The van der Waals surface area contributed by atoms with Crippen molar-refractivity contribution in [1.82, 2.24) is 14.9 Å². The Hall–Kier alpha value is -4.01.